The van der Waals surface area contributed by atoms with Gasteiger partial charge in [-0.1, -0.05) is 30.3 Å². The van der Waals surface area contributed by atoms with Gasteiger partial charge in [0.15, 0.2) is 0 Å². The molecule has 0 unspecified atom stereocenters. The van der Waals surface area contributed by atoms with E-state index in [1.807, 2.05) is 55.5 Å². The summed E-state index contributed by atoms with van der Waals surface area (Å²) in [4.78, 5) is 26.9. The van der Waals surface area contributed by atoms with E-state index in [4.69, 9.17) is 4.74 Å². The number of hydrogen-bond donors (Lipinski definition) is 2. The first-order valence-electron chi connectivity index (χ1n) is 9.58. The zero-order valence-electron chi connectivity index (χ0n) is 16.4. The van der Waals surface area contributed by atoms with Crippen molar-refractivity contribution in [3.63, 3.8) is 0 Å². The summed E-state index contributed by atoms with van der Waals surface area (Å²) in [5, 5.41) is 6.03. The van der Waals surface area contributed by atoms with Gasteiger partial charge >= 0.3 is 0 Å². The molecule has 0 radical (unpaired) electrons. The van der Waals surface area contributed by atoms with Crippen LogP contribution >= 0.6 is 0 Å². The molecule has 148 valence electrons. The van der Waals surface area contributed by atoms with Crippen molar-refractivity contribution in [2.45, 2.75) is 25.8 Å². The number of rotatable bonds is 6. The zero-order chi connectivity index (χ0) is 19.9. The van der Waals surface area contributed by atoms with Crippen LogP contribution in [0, 0.1) is 6.92 Å². The number of benzene rings is 2. The molecule has 0 saturated carbocycles. The van der Waals surface area contributed by atoms with Crippen LogP contribution in [0.5, 0.6) is 5.75 Å². The van der Waals surface area contributed by atoms with Crippen molar-refractivity contribution in [2.75, 3.05) is 32.1 Å². The van der Waals surface area contributed by atoms with Gasteiger partial charge in [-0.25, -0.2) is 0 Å². The molecule has 1 aliphatic rings. The second-order valence-electron chi connectivity index (χ2n) is 7.09. The number of nitrogens with one attached hydrogen (secondary N) is 2. The van der Waals surface area contributed by atoms with Crippen molar-refractivity contribution < 1.29 is 14.3 Å². The van der Waals surface area contributed by atoms with E-state index in [0.29, 0.717) is 18.0 Å². The molecule has 0 aromatic heterocycles. The predicted molar refractivity (Wildman–Crippen MR) is 110 cm³/mol. The van der Waals surface area contributed by atoms with Gasteiger partial charge in [0.1, 0.15) is 5.75 Å². The van der Waals surface area contributed by atoms with E-state index in [9.17, 15) is 9.59 Å². The fourth-order valence-electron chi connectivity index (χ4n) is 3.47. The number of piperidine rings is 1. The summed E-state index contributed by atoms with van der Waals surface area (Å²) in [6.45, 7) is 3.82. The van der Waals surface area contributed by atoms with Crippen molar-refractivity contribution in [2.24, 2.45) is 0 Å². The first-order chi connectivity index (χ1) is 13.6. The summed E-state index contributed by atoms with van der Waals surface area (Å²) in [7, 11) is 1.58. The third-order valence-corrected chi connectivity index (χ3v) is 5.06. The summed E-state index contributed by atoms with van der Waals surface area (Å²) in [5.74, 6) is 0.561. The standard InChI is InChI=1S/C22H27N3O3/c1-16-7-3-4-8-18(16)22(27)23-17-11-13-25(14-12-17)15-21(26)24-19-9-5-6-10-20(19)28-2/h3-10,17H,11-15H2,1-2H3,(H,23,27)(H,24,26). The molecule has 6 nitrogen and oxygen atoms in total. The molecule has 0 atom stereocenters. The highest BCUT2D eigenvalue weighted by Crippen LogP contribution is 2.23. The van der Waals surface area contributed by atoms with Crippen molar-refractivity contribution in [1.82, 2.24) is 10.2 Å². The van der Waals surface area contributed by atoms with Crippen LogP contribution in [0.1, 0.15) is 28.8 Å². The topological polar surface area (TPSA) is 70.7 Å². The summed E-state index contributed by atoms with van der Waals surface area (Å²) in [6.07, 6.45) is 1.67. The van der Waals surface area contributed by atoms with E-state index in [-0.39, 0.29) is 17.9 Å². The van der Waals surface area contributed by atoms with E-state index >= 15 is 0 Å². The molecule has 2 amide bonds. The number of likely N-dealkylation sites (tertiary alicyclic amines) is 1. The zero-order valence-corrected chi connectivity index (χ0v) is 16.4. The Morgan fingerprint density at radius 3 is 2.46 bits per heavy atom. The van der Waals surface area contributed by atoms with Crippen LogP contribution in [0.15, 0.2) is 48.5 Å². The van der Waals surface area contributed by atoms with E-state index in [0.717, 1.165) is 37.1 Å². The number of anilines is 1. The number of para-hydroxylation sites is 2. The maximum atomic E-state index is 12.5. The monoisotopic (exact) mass is 381 g/mol. The average molecular weight is 381 g/mol. The smallest absolute Gasteiger partial charge is 0.251 e. The number of methoxy groups -OCH3 is 1. The summed E-state index contributed by atoms with van der Waals surface area (Å²) >= 11 is 0. The molecule has 2 N–H and O–H groups in total. The minimum Gasteiger partial charge on any atom is -0.495 e. The molecule has 1 fully saturated rings. The molecule has 1 heterocycles. The van der Waals surface area contributed by atoms with Gasteiger partial charge in [-0.3, -0.25) is 14.5 Å². The number of aryl methyl sites for hydroxylation is 1. The molecule has 6 heteroatoms. The number of carbonyl (C=O) groups excluding carboxylic acids is 2. The highest BCUT2D eigenvalue weighted by atomic mass is 16.5. The Morgan fingerprint density at radius 1 is 1.07 bits per heavy atom. The minimum absolute atomic E-state index is 0.0227. The van der Waals surface area contributed by atoms with Crippen LogP contribution in [-0.4, -0.2) is 49.5 Å². The van der Waals surface area contributed by atoms with Gasteiger partial charge in [0, 0.05) is 24.7 Å². The lowest BCUT2D eigenvalue weighted by atomic mass is 10.0. The van der Waals surface area contributed by atoms with Gasteiger partial charge in [0.25, 0.3) is 5.91 Å². The van der Waals surface area contributed by atoms with Crippen molar-refractivity contribution in [3.05, 3.63) is 59.7 Å². The largest absolute Gasteiger partial charge is 0.495 e. The number of carbonyl (C=O) groups is 2. The summed E-state index contributed by atoms with van der Waals surface area (Å²) in [6, 6.07) is 15.1. The molecular weight excluding hydrogens is 354 g/mol. The van der Waals surface area contributed by atoms with Crippen molar-refractivity contribution in [3.8, 4) is 5.75 Å². The molecule has 0 bridgehead atoms. The highest BCUT2D eigenvalue weighted by molar-refractivity contribution is 5.96. The molecule has 0 spiro atoms. The van der Waals surface area contributed by atoms with Crippen LogP contribution in [0.25, 0.3) is 0 Å². The lowest BCUT2D eigenvalue weighted by Gasteiger charge is -2.32. The quantitative estimate of drug-likeness (QED) is 0.807. The van der Waals surface area contributed by atoms with Crippen LogP contribution in [0.4, 0.5) is 5.69 Å². The molecule has 0 aliphatic carbocycles. The first kappa shape index (κ1) is 19.9. The fourth-order valence-corrected chi connectivity index (χ4v) is 3.47. The van der Waals surface area contributed by atoms with Crippen LogP contribution in [0.3, 0.4) is 0 Å². The summed E-state index contributed by atoms with van der Waals surface area (Å²) < 4.78 is 5.26. The van der Waals surface area contributed by atoms with E-state index in [1.165, 1.54) is 0 Å². The predicted octanol–water partition coefficient (Wildman–Crippen LogP) is 2.84. The Labute approximate surface area is 165 Å². The second-order valence-corrected chi connectivity index (χ2v) is 7.09. The van der Waals surface area contributed by atoms with Gasteiger partial charge in [-0.2, -0.15) is 0 Å². The lowest BCUT2D eigenvalue weighted by Crippen LogP contribution is -2.46. The third-order valence-electron chi connectivity index (χ3n) is 5.06. The maximum Gasteiger partial charge on any atom is 0.251 e. The second kappa shape index (κ2) is 9.37. The van der Waals surface area contributed by atoms with Gasteiger partial charge in [-0.15, -0.1) is 0 Å². The van der Waals surface area contributed by atoms with Gasteiger partial charge in [0.05, 0.1) is 19.3 Å². The summed E-state index contributed by atoms with van der Waals surface area (Å²) in [5.41, 5.74) is 2.38. The average Bonchev–Trinajstić information content (AvgIpc) is 2.70. The number of hydrogen-bond acceptors (Lipinski definition) is 4. The van der Waals surface area contributed by atoms with Gasteiger partial charge in [-0.05, 0) is 43.5 Å². The number of ether oxygens (including phenoxy) is 1. The third kappa shape index (κ3) is 5.10. The minimum atomic E-state index is -0.0631. The first-order valence-corrected chi connectivity index (χ1v) is 9.58. The highest BCUT2D eigenvalue weighted by Gasteiger charge is 2.23. The van der Waals surface area contributed by atoms with Crippen molar-refractivity contribution >= 4 is 17.5 Å². The Kier molecular flexibility index (Phi) is 6.66. The molecule has 1 aliphatic heterocycles. The van der Waals surface area contributed by atoms with Crippen molar-refractivity contribution in [1.29, 1.82) is 0 Å². The normalized spacial score (nSPS) is 15.1. The number of nitrogens with zero attached hydrogens (tertiary/aromatic N) is 1. The molecule has 3 rings (SSSR count). The molecule has 2 aromatic rings. The Hall–Kier alpha value is -2.86. The van der Waals surface area contributed by atoms with Crippen LogP contribution in [0.2, 0.25) is 0 Å². The Bertz CT molecular complexity index is 829. The SMILES string of the molecule is COc1ccccc1NC(=O)CN1CCC(NC(=O)c2ccccc2C)CC1. The Balaban J connectivity index is 1.46. The van der Waals surface area contributed by atoms with E-state index in [2.05, 4.69) is 15.5 Å². The van der Waals surface area contributed by atoms with E-state index < -0.39 is 0 Å². The number of amides is 2. The molecule has 1 saturated heterocycles. The fraction of sp³-hybridized carbons (Fsp3) is 0.364. The molecule has 2 aromatic carbocycles. The van der Waals surface area contributed by atoms with Crippen LogP contribution < -0.4 is 15.4 Å². The molecular formula is C22H27N3O3. The van der Waals surface area contributed by atoms with Gasteiger partial charge in [0.2, 0.25) is 5.91 Å². The van der Waals surface area contributed by atoms with Crippen LogP contribution in [-0.2, 0) is 4.79 Å². The maximum absolute atomic E-state index is 12.5. The lowest BCUT2D eigenvalue weighted by molar-refractivity contribution is -0.117. The van der Waals surface area contributed by atoms with Gasteiger partial charge < -0.3 is 15.4 Å². The van der Waals surface area contributed by atoms with E-state index in [1.54, 1.807) is 7.11 Å². The Morgan fingerprint density at radius 2 is 1.75 bits per heavy atom. The molecule has 28 heavy (non-hydrogen) atoms.